The summed E-state index contributed by atoms with van der Waals surface area (Å²) >= 11 is 3.42. The van der Waals surface area contributed by atoms with Crippen molar-refractivity contribution in [2.75, 3.05) is 11.9 Å². The topological polar surface area (TPSA) is 51.2 Å². The average molecular weight is 335 g/mol. The molecule has 1 heterocycles. The number of benzene rings is 1. The summed E-state index contributed by atoms with van der Waals surface area (Å²) in [6.07, 6.45) is 3.19. The molecule has 0 fully saturated rings. The van der Waals surface area contributed by atoms with Crippen molar-refractivity contribution in [3.05, 3.63) is 53.9 Å². The number of halogens is 1. The zero-order valence-electron chi connectivity index (χ0n) is 11.1. The predicted octanol–water partition coefficient (Wildman–Crippen LogP) is 3.63. The second kappa shape index (κ2) is 7.05. The smallest absolute Gasteiger partial charge is 0.255 e. The molecule has 0 aliphatic rings. The van der Waals surface area contributed by atoms with Crippen LogP contribution in [0.2, 0.25) is 0 Å². The van der Waals surface area contributed by atoms with Gasteiger partial charge in [-0.2, -0.15) is 0 Å². The zero-order valence-corrected chi connectivity index (χ0v) is 12.7. The van der Waals surface area contributed by atoms with Gasteiger partial charge in [0.05, 0.1) is 6.61 Å². The highest BCUT2D eigenvalue weighted by atomic mass is 79.9. The van der Waals surface area contributed by atoms with Crippen LogP contribution < -0.4 is 10.1 Å². The molecule has 1 amide bonds. The van der Waals surface area contributed by atoms with Gasteiger partial charge in [-0.15, -0.1) is 0 Å². The van der Waals surface area contributed by atoms with Gasteiger partial charge in [-0.3, -0.25) is 9.78 Å². The van der Waals surface area contributed by atoms with E-state index >= 15 is 0 Å². The van der Waals surface area contributed by atoms with Crippen molar-refractivity contribution in [2.45, 2.75) is 12.3 Å². The summed E-state index contributed by atoms with van der Waals surface area (Å²) in [7, 11) is 0. The third-order valence-electron chi connectivity index (χ3n) is 2.70. The SMILES string of the molecule is CCOc1ccc(NC(=O)c2ccncc2)cc1CBr. The van der Waals surface area contributed by atoms with Gasteiger partial charge in [-0.1, -0.05) is 15.9 Å². The summed E-state index contributed by atoms with van der Waals surface area (Å²) in [5.41, 5.74) is 2.32. The molecule has 1 aromatic carbocycles. The number of alkyl halides is 1. The van der Waals surface area contributed by atoms with Crippen molar-refractivity contribution < 1.29 is 9.53 Å². The van der Waals surface area contributed by atoms with Crippen LogP contribution in [0.15, 0.2) is 42.7 Å². The summed E-state index contributed by atoms with van der Waals surface area (Å²) in [4.78, 5) is 15.9. The van der Waals surface area contributed by atoms with E-state index < -0.39 is 0 Å². The molecule has 0 atom stereocenters. The van der Waals surface area contributed by atoms with Crippen LogP contribution in [0.25, 0.3) is 0 Å². The number of anilines is 1. The molecule has 1 N–H and O–H groups in total. The number of nitrogens with one attached hydrogen (secondary N) is 1. The third-order valence-corrected chi connectivity index (χ3v) is 3.31. The number of aromatic nitrogens is 1. The lowest BCUT2D eigenvalue weighted by molar-refractivity contribution is 0.102. The van der Waals surface area contributed by atoms with Crippen molar-refractivity contribution in [1.82, 2.24) is 4.98 Å². The fraction of sp³-hybridized carbons (Fsp3) is 0.200. The molecular weight excluding hydrogens is 320 g/mol. The van der Waals surface area contributed by atoms with Crippen LogP contribution in [0, 0.1) is 0 Å². The highest BCUT2D eigenvalue weighted by Crippen LogP contribution is 2.25. The molecule has 2 rings (SSSR count). The Hall–Kier alpha value is -1.88. The van der Waals surface area contributed by atoms with Gasteiger partial charge in [0.25, 0.3) is 5.91 Å². The van der Waals surface area contributed by atoms with Crippen LogP contribution in [0.3, 0.4) is 0 Å². The normalized spacial score (nSPS) is 10.1. The van der Waals surface area contributed by atoms with Crippen LogP contribution in [0.1, 0.15) is 22.8 Å². The van der Waals surface area contributed by atoms with E-state index in [1.807, 2.05) is 25.1 Å². The lowest BCUT2D eigenvalue weighted by Crippen LogP contribution is -2.12. The van der Waals surface area contributed by atoms with E-state index in [2.05, 4.69) is 26.2 Å². The Bertz CT molecular complexity index is 588. The van der Waals surface area contributed by atoms with E-state index in [0.717, 1.165) is 17.0 Å². The molecule has 5 heteroatoms. The number of rotatable bonds is 5. The number of hydrogen-bond donors (Lipinski definition) is 1. The maximum atomic E-state index is 12.0. The van der Waals surface area contributed by atoms with Crippen molar-refractivity contribution in [3.63, 3.8) is 0 Å². The molecule has 0 aliphatic heterocycles. The Morgan fingerprint density at radius 3 is 2.70 bits per heavy atom. The van der Waals surface area contributed by atoms with Crippen LogP contribution in [-0.2, 0) is 5.33 Å². The minimum atomic E-state index is -0.155. The quantitative estimate of drug-likeness (QED) is 0.849. The number of nitrogens with zero attached hydrogens (tertiary/aromatic N) is 1. The summed E-state index contributed by atoms with van der Waals surface area (Å²) < 4.78 is 5.52. The number of pyridine rings is 1. The first-order valence-electron chi connectivity index (χ1n) is 6.27. The van der Waals surface area contributed by atoms with Gasteiger partial charge >= 0.3 is 0 Å². The van der Waals surface area contributed by atoms with Gasteiger partial charge < -0.3 is 10.1 Å². The summed E-state index contributed by atoms with van der Waals surface area (Å²) in [5, 5.41) is 3.53. The van der Waals surface area contributed by atoms with Crippen LogP contribution in [0.5, 0.6) is 5.75 Å². The van der Waals surface area contributed by atoms with Crippen LogP contribution >= 0.6 is 15.9 Å². The van der Waals surface area contributed by atoms with Crippen molar-refractivity contribution >= 4 is 27.5 Å². The Morgan fingerprint density at radius 2 is 2.05 bits per heavy atom. The molecule has 104 valence electrons. The Kier molecular flexibility index (Phi) is 5.12. The van der Waals surface area contributed by atoms with E-state index in [9.17, 15) is 4.79 Å². The lowest BCUT2D eigenvalue weighted by atomic mass is 10.2. The number of hydrogen-bond acceptors (Lipinski definition) is 3. The molecule has 0 unspecified atom stereocenters. The van der Waals surface area contributed by atoms with Gasteiger partial charge in [0.15, 0.2) is 0 Å². The molecule has 1 aromatic heterocycles. The molecule has 4 nitrogen and oxygen atoms in total. The zero-order chi connectivity index (χ0) is 14.4. The van der Waals surface area contributed by atoms with E-state index in [-0.39, 0.29) is 5.91 Å². The van der Waals surface area contributed by atoms with Crippen LogP contribution in [-0.4, -0.2) is 17.5 Å². The first kappa shape index (κ1) is 14.5. The second-order valence-corrected chi connectivity index (χ2v) is 4.64. The van der Waals surface area contributed by atoms with E-state index in [1.165, 1.54) is 0 Å². The Balaban J connectivity index is 2.16. The number of ether oxygens (including phenoxy) is 1. The molecular formula is C15H15BrN2O2. The first-order chi connectivity index (χ1) is 9.74. The van der Waals surface area contributed by atoms with Crippen molar-refractivity contribution in [2.24, 2.45) is 0 Å². The Labute approximate surface area is 126 Å². The largest absolute Gasteiger partial charge is 0.494 e. The summed E-state index contributed by atoms with van der Waals surface area (Å²) in [5.74, 6) is 0.670. The molecule has 0 spiro atoms. The molecule has 0 saturated heterocycles. The van der Waals surface area contributed by atoms with Gasteiger partial charge in [0.1, 0.15) is 5.75 Å². The van der Waals surface area contributed by atoms with Gasteiger partial charge in [-0.25, -0.2) is 0 Å². The monoisotopic (exact) mass is 334 g/mol. The maximum absolute atomic E-state index is 12.0. The van der Waals surface area contributed by atoms with E-state index in [4.69, 9.17) is 4.74 Å². The fourth-order valence-electron chi connectivity index (χ4n) is 1.76. The highest BCUT2D eigenvalue weighted by molar-refractivity contribution is 9.08. The number of amides is 1. The minimum Gasteiger partial charge on any atom is -0.494 e. The molecule has 20 heavy (non-hydrogen) atoms. The van der Waals surface area contributed by atoms with Gasteiger partial charge in [0.2, 0.25) is 0 Å². The third kappa shape index (κ3) is 3.57. The molecule has 0 bridgehead atoms. The summed E-state index contributed by atoms with van der Waals surface area (Å²) in [6.45, 7) is 2.56. The fourth-order valence-corrected chi connectivity index (χ4v) is 2.20. The summed E-state index contributed by atoms with van der Waals surface area (Å²) in [6, 6.07) is 8.95. The van der Waals surface area contributed by atoms with Crippen molar-refractivity contribution in [1.29, 1.82) is 0 Å². The Morgan fingerprint density at radius 1 is 1.30 bits per heavy atom. The standard InChI is InChI=1S/C15H15BrN2O2/c1-2-20-14-4-3-13(9-12(14)10-16)18-15(19)11-5-7-17-8-6-11/h3-9H,2,10H2,1H3,(H,18,19). The maximum Gasteiger partial charge on any atom is 0.255 e. The van der Waals surface area contributed by atoms with Gasteiger partial charge in [-0.05, 0) is 37.3 Å². The highest BCUT2D eigenvalue weighted by Gasteiger charge is 2.08. The number of carbonyl (C=O) groups is 1. The van der Waals surface area contributed by atoms with E-state index in [1.54, 1.807) is 24.5 Å². The molecule has 2 aromatic rings. The minimum absolute atomic E-state index is 0.155. The van der Waals surface area contributed by atoms with E-state index in [0.29, 0.717) is 17.5 Å². The molecule has 0 saturated carbocycles. The second-order valence-electron chi connectivity index (χ2n) is 4.08. The lowest BCUT2D eigenvalue weighted by Gasteiger charge is -2.11. The molecule has 0 aliphatic carbocycles. The van der Waals surface area contributed by atoms with Crippen LogP contribution in [0.4, 0.5) is 5.69 Å². The predicted molar refractivity (Wildman–Crippen MR) is 82.4 cm³/mol. The number of carbonyl (C=O) groups excluding carboxylic acids is 1. The first-order valence-corrected chi connectivity index (χ1v) is 7.39. The van der Waals surface area contributed by atoms with Gasteiger partial charge in [0, 0.05) is 34.5 Å². The average Bonchev–Trinajstić information content (AvgIpc) is 2.50. The van der Waals surface area contributed by atoms with Crippen molar-refractivity contribution in [3.8, 4) is 5.75 Å². The molecule has 0 radical (unpaired) electrons.